The van der Waals surface area contributed by atoms with Gasteiger partial charge in [0, 0.05) is 18.9 Å². The molecule has 33 heavy (non-hydrogen) atoms. The molecule has 0 amide bonds. The van der Waals surface area contributed by atoms with E-state index in [0.29, 0.717) is 30.5 Å². The van der Waals surface area contributed by atoms with Crippen LogP contribution in [0.3, 0.4) is 0 Å². The smallest absolute Gasteiger partial charge is 0.245 e. The van der Waals surface area contributed by atoms with E-state index in [1.807, 2.05) is 24.3 Å². The lowest BCUT2D eigenvalue weighted by Crippen LogP contribution is -2.11. The number of nitrogens with zero attached hydrogens (tertiary/aromatic N) is 6. The molecule has 172 valence electrons. The first-order valence-corrected chi connectivity index (χ1v) is 11.0. The van der Waals surface area contributed by atoms with Crippen molar-refractivity contribution in [2.24, 2.45) is 5.92 Å². The van der Waals surface area contributed by atoms with Crippen LogP contribution in [-0.2, 0) is 25.3 Å². The number of tetrazole rings is 1. The molecule has 1 N–H and O–H groups in total. The molecule has 0 aliphatic rings. The van der Waals surface area contributed by atoms with Gasteiger partial charge < -0.3 is 0 Å². The Bertz CT molecular complexity index is 1180. The second kappa shape index (κ2) is 9.56. The minimum atomic E-state index is -3.06. The number of benzene rings is 2. The lowest BCUT2D eigenvalue weighted by atomic mass is 10.0. The normalized spacial score (nSPS) is 11.9. The number of aryl methyl sites for hydroxylation is 1. The third-order valence-electron chi connectivity index (χ3n) is 5.40. The van der Waals surface area contributed by atoms with E-state index in [1.165, 1.54) is 0 Å². The van der Waals surface area contributed by atoms with Crippen molar-refractivity contribution in [1.82, 2.24) is 35.4 Å². The molecular formula is C24H27F2N7. The van der Waals surface area contributed by atoms with E-state index in [2.05, 4.69) is 68.8 Å². The summed E-state index contributed by atoms with van der Waals surface area (Å²) in [6, 6.07) is 16.2. The molecule has 0 unspecified atom stereocenters. The van der Waals surface area contributed by atoms with Crippen molar-refractivity contribution in [3.05, 3.63) is 76.9 Å². The largest absolute Gasteiger partial charge is 0.305 e. The van der Waals surface area contributed by atoms with Crippen molar-refractivity contribution in [3.8, 4) is 11.4 Å². The van der Waals surface area contributed by atoms with E-state index >= 15 is 0 Å². The summed E-state index contributed by atoms with van der Waals surface area (Å²) in [4.78, 5) is 4.14. The highest BCUT2D eigenvalue weighted by atomic mass is 19.3. The summed E-state index contributed by atoms with van der Waals surface area (Å²) in [6.45, 7) is 5.45. The first-order chi connectivity index (χ1) is 15.8. The van der Waals surface area contributed by atoms with Crippen LogP contribution in [0, 0.1) is 5.92 Å². The molecule has 2 aromatic carbocycles. The highest BCUT2D eigenvalue weighted by molar-refractivity contribution is 5.55. The first kappa shape index (κ1) is 22.7. The number of aromatic nitrogens is 7. The average Bonchev–Trinajstić information content (AvgIpc) is 3.44. The van der Waals surface area contributed by atoms with Crippen LogP contribution in [-0.4, -0.2) is 35.4 Å². The maximum atomic E-state index is 13.8. The van der Waals surface area contributed by atoms with Crippen molar-refractivity contribution in [3.63, 3.8) is 0 Å². The van der Waals surface area contributed by atoms with Crippen molar-refractivity contribution in [2.75, 3.05) is 0 Å². The van der Waals surface area contributed by atoms with Gasteiger partial charge in [0.15, 0.2) is 5.82 Å². The number of alkyl halides is 2. The molecule has 2 heterocycles. The maximum Gasteiger partial charge on any atom is 0.305 e. The molecule has 4 rings (SSSR count). The number of H-pyrrole nitrogens is 1. The Morgan fingerprint density at radius 2 is 1.79 bits per heavy atom. The predicted octanol–water partition coefficient (Wildman–Crippen LogP) is 4.80. The van der Waals surface area contributed by atoms with Gasteiger partial charge in [-0.2, -0.15) is 8.78 Å². The summed E-state index contributed by atoms with van der Waals surface area (Å²) < 4.78 is 29.2. The number of hydrogen-bond acceptors (Lipinski definition) is 5. The topological polar surface area (TPSA) is 85.2 Å². The number of halogens is 2. The monoisotopic (exact) mass is 451 g/mol. The number of rotatable bonds is 9. The van der Waals surface area contributed by atoms with Crippen LogP contribution < -0.4 is 0 Å². The Morgan fingerprint density at radius 3 is 2.45 bits per heavy atom. The molecule has 0 aliphatic carbocycles. The zero-order chi connectivity index (χ0) is 23.4. The van der Waals surface area contributed by atoms with Crippen LogP contribution >= 0.6 is 0 Å². The molecule has 7 nitrogen and oxygen atoms in total. The van der Waals surface area contributed by atoms with Crippen molar-refractivity contribution >= 4 is 0 Å². The Hall–Kier alpha value is -3.49. The summed E-state index contributed by atoms with van der Waals surface area (Å²) in [6.07, 6.45) is 2.25. The third-order valence-corrected chi connectivity index (χ3v) is 5.40. The number of aromatic amines is 1. The number of hydrogen-bond donors (Lipinski definition) is 1. The van der Waals surface area contributed by atoms with Gasteiger partial charge in [0.25, 0.3) is 0 Å². The van der Waals surface area contributed by atoms with Gasteiger partial charge in [-0.3, -0.25) is 0 Å². The maximum absolute atomic E-state index is 13.8. The van der Waals surface area contributed by atoms with E-state index in [9.17, 15) is 8.78 Å². The Balaban J connectivity index is 1.48. The van der Waals surface area contributed by atoms with Crippen LogP contribution in [0.2, 0.25) is 0 Å². The minimum absolute atomic E-state index is 0.408. The molecule has 0 aliphatic heterocycles. The van der Waals surface area contributed by atoms with Crippen molar-refractivity contribution in [1.29, 1.82) is 0 Å². The minimum Gasteiger partial charge on any atom is -0.245 e. The average molecular weight is 452 g/mol. The summed E-state index contributed by atoms with van der Waals surface area (Å²) in [5.74, 6) is -1.79. The van der Waals surface area contributed by atoms with Gasteiger partial charge >= 0.3 is 5.92 Å². The molecule has 0 radical (unpaired) electrons. The Kier molecular flexibility index (Phi) is 6.57. The standard InChI is InChI=1S/C24H27F2N7/c1-16(2)7-12-21-27-23(24(3,25)26)30-33(21)15-18-10-8-17(9-11-18)13-19-5-4-6-20(14-19)22-28-31-32-29-22/h4-6,8-11,14,16H,7,12-13,15H2,1-3H3,(H,28,29,31,32). The fraction of sp³-hybridized carbons (Fsp3) is 0.375. The highest BCUT2D eigenvalue weighted by Gasteiger charge is 2.31. The van der Waals surface area contributed by atoms with E-state index < -0.39 is 11.7 Å². The molecule has 9 heteroatoms. The lowest BCUT2D eigenvalue weighted by Gasteiger charge is -2.09. The van der Waals surface area contributed by atoms with Gasteiger partial charge in [-0.25, -0.2) is 14.8 Å². The molecule has 0 spiro atoms. The summed E-state index contributed by atoms with van der Waals surface area (Å²) in [5, 5.41) is 18.1. The van der Waals surface area contributed by atoms with Gasteiger partial charge in [-0.05, 0) is 51.9 Å². The van der Waals surface area contributed by atoms with Gasteiger partial charge in [-0.1, -0.05) is 56.3 Å². The molecule has 0 fully saturated rings. The van der Waals surface area contributed by atoms with Crippen LogP contribution in [0.4, 0.5) is 8.78 Å². The Morgan fingerprint density at radius 1 is 1.03 bits per heavy atom. The van der Waals surface area contributed by atoms with Gasteiger partial charge in [-0.15, -0.1) is 10.2 Å². The Labute approximate surface area is 191 Å². The summed E-state index contributed by atoms with van der Waals surface area (Å²) in [7, 11) is 0. The van der Waals surface area contributed by atoms with Crippen LogP contribution in [0.5, 0.6) is 0 Å². The zero-order valence-corrected chi connectivity index (χ0v) is 19.0. The quantitative estimate of drug-likeness (QED) is 0.395. The van der Waals surface area contributed by atoms with Gasteiger partial charge in [0.2, 0.25) is 5.82 Å². The fourth-order valence-corrected chi connectivity index (χ4v) is 3.57. The fourth-order valence-electron chi connectivity index (χ4n) is 3.57. The van der Waals surface area contributed by atoms with Crippen molar-refractivity contribution < 1.29 is 8.78 Å². The first-order valence-electron chi connectivity index (χ1n) is 11.0. The molecule has 0 bridgehead atoms. The third kappa shape index (κ3) is 5.85. The van der Waals surface area contributed by atoms with Crippen LogP contribution in [0.25, 0.3) is 11.4 Å². The second-order valence-corrected chi connectivity index (χ2v) is 8.77. The molecule has 0 atom stereocenters. The second-order valence-electron chi connectivity index (χ2n) is 8.77. The molecular weight excluding hydrogens is 424 g/mol. The van der Waals surface area contributed by atoms with Crippen LogP contribution in [0.1, 0.15) is 55.5 Å². The molecule has 4 aromatic rings. The SMILES string of the molecule is CC(C)CCc1nc(C(C)(F)F)nn1Cc1ccc(Cc2cccc(-c3nnn[nH]3)c2)cc1. The van der Waals surface area contributed by atoms with Crippen molar-refractivity contribution in [2.45, 2.75) is 52.5 Å². The summed E-state index contributed by atoms with van der Waals surface area (Å²) in [5.41, 5.74) is 4.20. The van der Waals surface area contributed by atoms with E-state index in [-0.39, 0.29) is 0 Å². The summed E-state index contributed by atoms with van der Waals surface area (Å²) >= 11 is 0. The molecule has 0 saturated carbocycles. The molecule has 0 saturated heterocycles. The highest BCUT2D eigenvalue weighted by Crippen LogP contribution is 2.25. The van der Waals surface area contributed by atoms with E-state index in [4.69, 9.17) is 0 Å². The lowest BCUT2D eigenvalue weighted by molar-refractivity contribution is 0.00756. The predicted molar refractivity (Wildman–Crippen MR) is 121 cm³/mol. The number of nitrogens with one attached hydrogen (secondary N) is 1. The van der Waals surface area contributed by atoms with E-state index in [0.717, 1.165) is 42.0 Å². The van der Waals surface area contributed by atoms with E-state index in [1.54, 1.807) is 4.68 Å². The molecule has 2 aromatic heterocycles. The van der Waals surface area contributed by atoms with Crippen LogP contribution in [0.15, 0.2) is 48.5 Å². The van der Waals surface area contributed by atoms with Gasteiger partial charge in [0.05, 0.1) is 6.54 Å². The zero-order valence-electron chi connectivity index (χ0n) is 19.0. The van der Waals surface area contributed by atoms with Gasteiger partial charge in [0.1, 0.15) is 5.82 Å².